The molecule has 4 heteroatoms. The molecule has 0 atom stereocenters. The molecule has 4 nitrogen and oxygen atoms in total. The van der Waals surface area contributed by atoms with Crippen LogP contribution < -0.4 is 14.8 Å². The number of rotatable bonds is 7. The summed E-state index contributed by atoms with van der Waals surface area (Å²) < 4.78 is 16.9. The molecule has 0 fully saturated rings. The largest absolute Gasteiger partial charge is 0.494 e. The van der Waals surface area contributed by atoms with Crippen LogP contribution in [0.2, 0.25) is 0 Å². The number of hydrogen-bond donors (Lipinski definition) is 1. The van der Waals surface area contributed by atoms with Gasteiger partial charge in [0.25, 0.3) is 0 Å². The Morgan fingerprint density at radius 3 is 2.60 bits per heavy atom. The van der Waals surface area contributed by atoms with Gasteiger partial charge >= 0.3 is 0 Å². The SMILES string of the molecule is CCOc1cccc(OCc2cc(C)c(CNC)o2)c1. The molecule has 108 valence electrons. The van der Waals surface area contributed by atoms with E-state index in [1.807, 2.05) is 51.2 Å². The van der Waals surface area contributed by atoms with E-state index in [1.54, 1.807) is 0 Å². The smallest absolute Gasteiger partial charge is 0.146 e. The fraction of sp³-hybridized carbons (Fsp3) is 0.375. The predicted octanol–water partition coefficient (Wildman–Crippen LogP) is 3.29. The van der Waals surface area contributed by atoms with E-state index in [4.69, 9.17) is 13.9 Å². The Kier molecular flexibility index (Phi) is 5.07. The van der Waals surface area contributed by atoms with Crippen molar-refractivity contribution in [1.82, 2.24) is 5.32 Å². The van der Waals surface area contributed by atoms with Crippen LogP contribution in [0.25, 0.3) is 0 Å². The fourth-order valence-electron chi connectivity index (χ4n) is 1.97. The van der Waals surface area contributed by atoms with E-state index in [-0.39, 0.29) is 0 Å². The lowest BCUT2D eigenvalue weighted by atomic mass is 10.2. The highest BCUT2D eigenvalue weighted by Gasteiger charge is 2.07. The molecule has 0 bridgehead atoms. The Hall–Kier alpha value is -1.94. The van der Waals surface area contributed by atoms with Crippen molar-refractivity contribution >= 4 is 0 Å². The first-order valence-electron chi connectivity index (χ1n) is 6.81. The summed E-state index contributed by atoms with van der Waals surface area (Å²) in [7, 11) is 1.90. The van der Waals surface area contributed by atoms with Crippen LogP contribution in [-0.4, -0.2) is 13.7 Å². The average molecular weight is 275 g/mol. The third-order valence-electron chi connectivity index (χ3n) is 2.91. The minimum atomic E-state index is 0.417. The summed E-state index contributed by atoms with van der Waals surface area (Å²) in [5.74, 6) is 3.38. The van der Waals surface area contributed by atoms with Gasteiger partial charge in [-0.15, -0.1) is 0 Å². The molecule has 2 aromatic rings. The van der Waals surface area contributed by atoms with E-state index in [1.165, 1.54) is 0 Å². The Labute approximate surface area is 119 Å². The number of hydrogen-bond acceptors (Lipinski definition) is 4. The zero-order valence-electron chi connectivity index (χ0n) is 12.2. The van der Waals surface area contributed by atoms with Crippen molar-refractivity contribution in [2.75, 3.05) is 13.7 Å². The summed E-state index contributed by atoms with van der Waals surface area (Å²) >= 11 is 0. The molecule has 1 aromatic carbocycles. The Morgan fingerprint density at radius 2 is 1.90 bits per heavy atom. The first-order valence-corrected chi connectivity index (χ1v) is 6.81. The second kappa shape index (κ2) is 7.01. The summed E-state index contributed by atoms with van der Waals surface area (Å²) in [6.07, 6.45) is 0. The summed E-state index contributed by atoms with van der Waals surface area (Å²) in [4.78, 5) is 0. The summed E-state index contributed by atoms with van der Waals surface area (Å²) in [5, 5.41) is 3.08. The second-order valence-electron chi connectivity index (χ2n) is 4.55. The Bertz CT molecular complexity index is 548. The van der Waals surface area contributed by atoms with Crippen molar-refractivity contribution in [2.45, 2.75) is 27.0 Å². The third-order valence-corrected chi connectivity index (χ3v) is 2.91. The summed E-state index contributed by atoms with van der Waals surface area (Å²) in [6, 6.07) is 9.64. The van der Waals surface area contributed by atoms with Gasteiger partial charge in [0.05, 0.1) is 13.2 Å². The second-order valence-corrected chi connectivity index (χ2v) is 4.55. The van der Waals surface area contributed by atoms with Crippen molar-refractivity contribution < 1.29 is 13.9 Å². The normalized spacial score (nSPS) is 10.6. The molecule has 2 rings (SSSR count). The molecular weight excluding hydrogens is 254 g/mol. The van der Waals surface area contributed by atoms with Crippen LogP contribution in [0.4, 0.5) is 0 Å². The molecule has 0 spiro atoms. The molecule has 0 saturated carbocycles. The van der Waals surface area contributed by atoms with Crippen LogP contribution in [0.15, 0.2) is 34.7 Å². The van der Waals surface area contributed by atoms with Gasteiger partial charge in [-0.2, -0.15) is 0 Å². The number of furan rings is 1. The van der Waals surface area contributed by atoms with E-state index >= 15 is 0 Å². The third kappa shape index (κ3) is 3.78. The molecule has 0 aliphatic heterocycles. The molecule has 1 N–H and O–H groups in total. The van der Waals surface area contributed by atoms with Gasteiger partial charge in [0.15, 0.2) is 0 Å². The lowest BCUT2D eigenvalue weighted by Crippen LogP contribution is -2.04. The van der Waals surface area contributed by atoms with Crippen molar-refractivity contribution in [3.63, 3.8) is 0 Å². The van der Waals surface area contributed by atoms with E-state index in [9.17, 15) is 0 Å². The van der Waals surface area contributed by atoms with Crippen LogP contribution in [0.1, 0.15) is 24.0 Å². The lowest BCUT2D eigenvalue weighted by molar-refractivity contribution is 0.263. The summed E-state index contributed by atoms with van der Waals surface area (Å²) in [6.45, 7) is 5.79. The van der Waals surface area contributed by atoms with Gasteiger partial charge in [-0.05, 0) is 44.7 Å². The van der Waals surface area contributed by atoms with Gasteiger partial charge in [0.1, 0.15) is 29.6 Å². The maximum absolute atomic E-state index is 5.74. The molecule has 0 aliphatic carbocycles. The molecule has 1 heterocycles. The molecule has 0 saturated heterocycles. The van der Waals surface area contributed by atoms with Gasteiger partial charge in [0, 0.05) is 6.07 Å². The highest BCUT2D eigenvalue weighted by molar-refractivity contribution is 5.33. The first-order chi connectivity index (χ1) is 9.72. The fourth-order valence-corrected chi connectivity index (χ4v) is 1.97. The minimum Gasteiger partial charge on any atom is -0.494 e. The topological polar surface area (TPSA) is 43.6 Å². The van der Waals surface area contributed by atoms with Crippen LogP contribution in [0.3, 0.4) is 0 Å². The highest BCUT2D eigenvalue weighted by Crippen LogP contribution is 2.21. The maximum atomic E-state index is 5.74. The zero-order chi connectivity index (χ0) is 14.4. The van der Waals surface area contributed by atoms with Crippen LogP contribution >= 0.6 is 0 Å². The number of nitrogens with one attached hydrogen (secondary N) is 1. The minimum absolute atomic E-state index is 0.417. The maximum Gasteiger partial charge on any atom is 0.146 e. The zero-order valence-corrected chi connectivity index (χ0v) is 12.2. The van der Waals surface area contributed by atoms with Gasteiger partial charge in [-0.25, -0.2) is 0 Å². The van der Waals surface area contributed by atoms with Crippen molar-refractivity contribution in [1.29, 1.82) is 0 Å². The lowest BCUT2D eigenvalue weighted by Gasteiger charge is -2.07. The average Bonchev–Trinajstić information content (AvgIpc) is 2.79. The van der Waals surface area contributed by atoms with E-state index < -0.39 is 0 Å². The molecule has 0 radical (unpaired) electrons. The van der Waals surface area contributed by atoms with Crippen molar-refractivity contribution in [3.8, 4) is 11.5 Å². The highest BCUT2D eigenvalue weighted by atomic mass is 16.5. The Balaban J connectivity index is 1.97. The van der Waals surface area contributed by atoms with Crippen LogP contribution in [-0.2, 0) is 13.2 Å². The quantitative estimate of drug-likeness (QED) is 0.842. The summed E-state index contributed by atoms with van der Waals surface area (Å²) in [5.41, 5.74) is 1.14. The molecule has 0 unspecified atom stereocenters. The molecular formula is C16H21NO3. The van der Waals surface area contributed by atoms with Crippen LogP contribution in [0.5, 0.6) is 11.5 Å². The monoisotopic (exact) mass is 275 g/mol. The van der Waals surface area contributed by atoms with Gasteiger partial charge < -0.3 is 19.2 Å². The van der Waals surface area contributed by atoms with Crippen molar-refractivity contribution in [3.05, 3.63) is 47.4 Å². The first kappa shape index (κ1) is 14.5. The van der Waals surface area contributed by atoms with Gasteiger partial charge in [0.2, 0.25) is 0 Å². The van der Waals surface area contributed by atoms with Gasteiger partial charge in [-0.3, -0.25) is 0 Å². The molecule has 1 aromatic heterocycles. The molecule has 0 aliphatic rings. The number of benzene rings is 1. The number of aryl methyl sites for hydroxylation is 1. The van der Waals surface area contributed by atoms with E-state index in [2.05, 4.69) is 5.32 Å². The van der Waals surface area contributed by atoms with E-state index in [0.29, 0.717) is 13.2 Å². The molecule has 20 heavy (non-hydrogen) atoms. The van der Waals surface area contributed by atoms with Gasteiger partial charge in [-0.1, -0.05) is 6.07 Å². The van der Waals surface area contributed by atoms with Crippen LogP contribution in [0, 0.1) is 6.92 Å². The standard InChI is InChI=1S/C16H21NO3/c1-4-18-13-6-5-7-14(9-13)19-11-15-8-12(2)16(20-15)10-17-3/h5-9,17H,4,10-11H2,1-3H3. The predicted molar refractivity (Wildman–Crippen MR) is 78.2 cm³/mol. The Morgan fingerprint density at radius 1 is 1.15 bits per heavy atom. The van der Waals surface area contributed by atoms with E-state index in [0.717, 1.165) is 35.1 Å². The molecule has 0 amide bonds. The van der Waals surface area contributed by atoms with Crippen molar-refractivity contribution in [2.24, 2.45) is 0 Å². The number of ether oxygens (including phenoxy) is 2.